The lowest BCUT2D eigenvalue weighted by Gasteiger charge is -2.15. The van der Waals surface area contributed by atoms with Gasteiger partial charge >= 0.3 is 0 Å². The zero-order valence-electron chi connectivity index (χ0n) is 11.6. The number of hydrogen-bond donors (Lipinski definition) is 2. The maximum Gasteiger partial charge on any atom is 0.239 e. The van der Waals surface area contributed by atoms with Crippen molar-refractivity contribution in [2.75, 3.05) is 0 Å². The van der Waals surface area contributed by atoms with E-state index in [0.717, 1.165) is 12.1 Å². The lowest BCUT2D eigenvalue weighted by molar-refractivity contribution is -0.127. The van der Waals surface area contributed by atoms with Gasteiger partial charge in [0.05, 0.1) is 6.42 Å². The maximum absolute atomic E-state index is 13.0. The summed E-state index contributed by atoms with van der Waals surface area (Å²) in [6, 6.07) is 2.44. The second-order valence-electron chi connectivity index (χ2n) is 4.67. The summed E-state index contributed by atoms with van der Waals surface area (Å²) in [4.78, 5) is 23.1. The number of primary amides is 1. The van der Waals surface area contributed by atoms with Crippen molar-refractivity contribution >= 4 is 11.8 Å². The molecule has 0 saturated heterocycles. The summed E-state index contributed by atoms with van der Waals surface area (Å²) in [5.41, 5.74) is 5.54. The number of halogens is 2. The first-order chi connectivity index (χ1) is 9.93. The normalized spacial score (nSPS) is 11.7. The van der Waals surface area contributed by atoms with Crippen molar-refractivity contribution in [2.24, 2.45) is 5.73 Å². The van der Waals surface area contributed by atoms with Gasteiger partial charge in [-0.25, -0.2) is 8.78 Å². The van der Waals surface area contributed by atoms with Gasteiger partial charge in [-0.15, -0.1) is 6.58 Å². The summed E-state index contributed by atoms with van der Waals surface area (Å²) in [5.74, 6) is -3.09. The topological polar surface area (TPSA) is 72.2 Å². The van der Waals surface area contributed by atoms with Crippen LogP contribution in [0.3, 0.4) is 0 Å². The van der Waals surface area contributed by atoms with E-state index in [2.05, 4.69) is 11.9 Å². The van der Waals surface area contributed by atoms with Crippen molar-refractivity contribution in [1.29, 1.82) is 0 Å². The number of rotatable bonds is 8. The molecule has 4 nitrogen and oxygen atoms in total. The van der Waals surface area contributed by atoms with Gasteiger partial charge in [0.2, 0.25) is 11.8 Å². The molecule has 3 N–H and O–H groups in total. The number of unbranched alkanes of at least 4 members (excludes halogenated alkanes) is 1. The molecular formula is C15H18F2N2O2. The van der Waals surface area contributed by atoms with Crippen molar-refractivity contribution in [3.05, 3.63) is 48.1 Å². The van der Waals surface area contributed by atoms with E-state index in [0.29, 0.717) is 24.8 Å². The minimum absolute atomic E-state index is 0.150. The summed E-state index contributed by atoms with van der Waals surface area (Å²) in [5, 5.41) is 2.49. The van der Waals surface area contributed by atoms with Gasteiger partial charge < -0.3 is 11.1 Å². The van der Waals surface area contributed by atoms with E-state index in [1.54, 1.807) is 6.08 Å². The summed E-state index contributed by atoms with van der Waals surface area (Å²) in [6.45, 7) is 3.56. The smallest absolute Gasteiger partial charge is 0.239 e. The number of carbonyl (C=O) groups is 2. The number of hydrogen-bond acceptors (Lipinski definition) is 2. The van der Waals surface area contributed by atoms with Crippen LogP contribution in [0, 0.1) is 11.6 Å². The highest BCUT2D eigenvalue weighted by molar-refractivity contribution is 5.87. The van der Waals surface area contributed by atoms with E-state index in [9.17, 15) is 18.4 Å². The van der Waals surface area contributed by atoms with Crippen molar-refractivity contribution in [3.8, 4) is 0 Å². The molecule has 1 atom stereocenters. The van der Waals surface area contributed by atoms with Crippen LogP contribution in [-0.2, 0) is 16.0 Å². The maximum atomic E-state index is 13.0. The summed E-state index contributed by atoms with van der Waals surface area (Å²) in [7, 11) is 0. The van der Waals surface area contributed by atoms with Crippen LogP contribution in [0.5, 0.6) is 0 Å². The highest BCUT2D eigenvalue weighted by Gasteiger charge is 2.17. The zero-order chi connectivity index (χ0) is 15.8. The van der Waals surface area contributed by atoms with Gasteiger partial charge in [0.15, 0.2) is 11.6 Å². The molecule has 0 radical (unpaired) electrons. The molecule has 6 heteroatoms. The van der Waals surface area contributed by atoms with Gasteiger partial charge in [-0.2, -0.15) is 0 Å². The predicted octanol–water partition coefficient (Wildman–Crippen LogP) is 1.83. The number of allylic oxidation sites excluding steroid dienone is 1. The van der Waals surface area contributed by atoms with Crippen LogP contribution < -0.4 is 11.1 Å². The molecule has 0 aliphatic carbocycles. The molecule has 0 aliphatic rings. The summed E-state index contributed by atoms with van der Waals surface area (Å²) < 4.78 is 25.8. The molecule has 0 heterocycles. The predicted molar refractivity (Wildman–Crippen MR) is 75.2 cm³/mol. The van der Waals surface area contributed by atoms with Gasteiger partial charge in [0, 0.05) is 0 Å². The molecule has 0 spiro atoms. The quantitative estimate of drug-likeness (QED) is 0.567. The molecule has 0 fully saturated rings. The number of carbonyl (C=O) groups excluding carboxylic acids is 2. The Morgan fingerprint density at radius 3 is 2.62 bits per heavy atom. The van der Waals surface area contributed by atoms with Crippen LogP contribution in [-0.4, -0.2) is 17.9 Å². The standard InChI is InChI=1S/C15H18F2N2O2/c1-2-3-4-5-13(15(18)21)19-14(20)9-10-6-7-11(16)12(17)8-10/h2,6-8,13H,1,3-5,9H2,(H2,18,21)(H,19,20)/t13-/m0/s1. The number of benzene rings is 1. The fourth-order valence-electron chi connectivity index (χ4n) is 1.83. The monoisotopic (exact) mass is 296 g/mol. The third-order valence-electron chi connectivity index (χ3n) is 2.93. The van der Waals surface area contributed by atoms with Gasteiger partial charge in [0.25, 0.3) is 0 Å². The molecule has 0 saturated carbocycles. The third kappa shape index (κ3) is 5.72. The molecule has 1 aromatic rings. The molecule has 0 aliphatic heterocycles. The van der Waals surface area contributed by atoms with Crippen LogP contribution in [0.15, 0.2) is 30.9 Å². The lowest BCUT2D eigenvalue weighted by atomic mass is 10.1. The third-order valence-corrected chi connectivity index (χ3v) is 2.93. The van der Waals surface area contributed by atoms with Gasteiger partial charge in [-0.3, -0.25) is 9.59 Å². The largest absolute Gasteiger partial charge is 0.368 e. The van der Waals surface area contributed by atoms with Crippen LogP contribution in [0.2, 0.25) is 0 Å². The zero-order valence-corrected chi connectivity index (χ0v) is 11.6. The van der Waals surface area contributed by atoms with Crippen LogP contribution in [0.1, 0.15) is 24.8 Å². The summed E-state index contributed by atoms with van der Waals surface area (Å²) in [6.07, 6.45) is 3.35. The minimum atomic E-state index is -1.02. The molecule has 0 aromatic heterocycles. The minimum Gasteiger partial charge on any atom is -0.368 e. The van der Waals surface area contributed by atoms with Crippen LogP contribution >= 0.6 is 0 Å². The van der Waals surface area contributed by atoms with Crippen molar-refractivity contribution in [1.82, 2.24) is 5.32 Å². The Labute approximate surface area is 122 Å². The Morgan fingerprint density at radius 1 is 1.33 bits per heavy atom. The molecule has 1 aromatic carbocycles. The molecule has 0 unspecified atom stereocenters. The van der Waals surface area contributed by atoms with Gasteiger partial charge in [0.1, 0.15) is 6.04 Å². The first kappa shape index (κ1) is 16.8. The Kier molecular flexibility index (Phi) is 6.52. The Morgan fingerprint density at radius 2 is 2.05 bits per heavy atom. The van der Waals surface area contributed by atoms with Crippen LogP contribution in [0.4, 0.5) is 8.78 Å². The first-order valence-electron chi connectivity index (χ1n) is 6.57. The van der Waals surface area contributed by atoms with Crippen molar-refractivity contribution < 1.29 is 18.4 Å². The number of nitrogens with two attached hydrogens (primary N) is 1. The second-order valence-corrected chi connectivity index (χ2v) is 4.67. The Hall–Kier alpha value is -2.24. The van der Waals surface area contributed by atoms with Crippen LogP contribution in [0.25, 0.3) is 0 Å². The summed E-state index contributed by atoms with van der Waals surface area (Å²) >= 11 is 0. The molecule has 0 bridgehead atoms. The van der Waals surface area contributed by atoms with E-state index in [4.69, 9.17) is 5.73 Å². The average Bonchev–Trinajstić information content (AvgIpc) is 2.42. The second kappa shape index (κ2) is 8.14. The van der Waals surface area contributed by atoms with Gasteiger partial charge in [-0.05, 0) is 37.0 Å². The lowest BCUT2D eigenvalue weighted by Crippen LogP contribution is -2.44. The Bertz CT molecular complexity index is 532. The number of nitrogens with one attached hydrogen (secondary N) is 1. The highest BCUT2D eigenvalue weighted by atomic mass is 19.2. The molecule has 2 amide bonds. The molecule has 114 valence electrons. The van der Waals surface area contributed by atoms with Crippen molar-refractivity contribution in [3.63, 3.8) is 0 Å². The Balaban J connectivity index is 2.58. The first-order valence-corrected chi connectivity index (χ1v) is 6.57. The van der Waals surface area contributed by atoms with Gasteiger partial charge in [-0.1, -0.05) is 12.1 Å². The fraction of sp³-hybridized carbons (Fsp3) is 0.333. The van der Waals surface area contributed by atoms with E-state index in [-0.39, 0.29) is 6.42 Å². The molecule has 1 rings (SSSR count). The van der Waals surface area contributed by atoms with E-state index in [1.807, 2.05) is 0 Å². The molecule has 21 heavy (non-hydrogen) atoms. The SMILES string of the molecule is C=CCCC[C@H](NC(=O)Cc1ccc(F)c(F)c1)C(N)=O. The van der Waals surface area contributed by atoms with Crippen molar-refractivity contribution in [2.45, 2.75) is 31.7 Å². The average molecular weight is 296 g/mol. The fourth-order valence-corrected chi connectivity index (χ4v) is 1.83. The van der Waals surface area contributed by atoms with E-state index < -0.39 is 29.5 Å². The molecular weight excluding hydrogens is 278 g/mol. The number of amides is 2. The highest BCUT2D eigenvalue weighted by Crippen LogP contribution is 2.09. The van der Waals surface area contributed by atoms with E-state index in [1.165, 1.54) is 6.07 Å². The van der Waals surface area contributed by atoms with E-state index >= 15 is 0 Å².